The Morgan fingerprint density at radius 3 is 2.64 bits per heavy atom. The lowest BCUT2D eigenvalue weighted by Crippen LogP contribution is -2.24. The molecule has 0 atom stereocenters. The fourth-order valence-electron chi connectivity index (χ4n) is 3.17. The fourth-order valence-corrected chi connectivity index (χ4v) is 4.15. The number of thiophene rings is 1. The molecule has 0 aliphatic carbocycles. The van der Waals surface area contributed by atoms with E-state index in [-0.39, 0.29) is 17.9 Å². The molecule has 28 heavy (non-hydrogen) atoms. The number of furan rings is 1. The monoisotopic (exact) mass is 394 g/mol. The van der Waals surface area contributed by atoms with Crippen LogP contribution in [-0.2, 0) is 6.54 Å². The first-order valence-electron chi connectivity index (χ1n) is 8.73. The van der Waals surface area contributed by atoms with Crippen molar-refractivity contribution in [3.63, 3.8) is 0 Å². The lowest BCUT2D eigenvalue weighted by Gasteiger charge is -2.09. The molecule has 142 valence electrons. The van der Waals surface area contributed by atoms with Crippen molar-refractivity contribution in [2.45, 2.75) is 27.3 Å². The Labute approximate surface area is 164 Å². The number of rotatable bonds is 4. The van der Waals surface area contributed by atoms with Gasteiger partial charge < -0.3 is 9.52 Å². The molecule has 0 saturated carbocycles. The summed E-state index contributed by atoms with van der Waals surface area (Å²) in [5.74, 6) is -0.342. The molecule has 0 aliphatic rings. The molecule has 3 aromatic heterocycles. The van der Waals surface area contributed by atoms with E-state index < -0.39 is 5.97 Å². The average molecular weight is 394 g/mol. The summed E-state index contributed by atoms with van der Waals surface area (Å²) in [6.07, 6.45) is 0. The Bertz CT molecular complexity index is 1280. The molecule has 7 heteroatoms. The number of benzene rings is 1. The van der Waals surface area contributed by atoms with Crippen LogP contribution in [0, 0.1) is 20.8 Å². The van der Waals surface area contributed by atoms with Crippen molar-refractivity contribution in [1.29, 1.82) is 0 Å². The predicted molar refractivity (Wildman–Crippen MR) is 108 cm³/mol. The molecule has 0 saturated heterocycles. The van der Waals surface area contributed by atoms with Gasteiger partial charge in [-0.25, -0.2) is 9.78 Å². The highest BCUT2D eigenvalue weighted by molar-refractivity contribution is 7.17. The van der Waals surface area contributed by atoms with E-state index in [1.165, 1.54) is 27.5 Å². The van der Waals surface area contributed by atoms with Crippen LogP contribution in [0.4, 0.5) is 0 Å². The molecule has 0 spiro atoms. The van der Waals surface area contributed by atoms with Gasteiger partial charge in [0.25, 0.3) is 5.56 Å². The lowest BCUT2D eigenvalue weighted by atomic mass is 10.0. The van der Waals surface area contributed by atoms with E-state index in [1.807, 2.05) is 24.4 Å². The minimum absolute atomic E-state index is 0.128. The summed E-state index contributed by atoms with van der Waals surface area (Å²) in [5, 5.41) is 11.6. The van der Waals surface area contributed by atoms with Crippen molar-refractivity contribution in [2.24, 2.45) is 0 Å². The van der Waals surface area contributed by atoms with Crippen molar-refractivity contribution in [3.05, 3.63) is 74.5 Å². The first kappa shape index (κ1) is 18.2. The molecule has 0 unspecified atom stereocenters. The molecule has 6 nitrogen and oxygen atoms in total. The molecule has 0 aliphatic heterocycles. The number of hydrogen-bond acceptors (Lipinski definition) is 5. The number of nitrogens with zero attached hydrogens (tertiary/aromatic N) is 2. The fraction of sp³-hybridized carbons (Fsp3) is 0.190. The van der Waals surface area contributed by atoms with Crippen LogP contribution in [0.2, 0.25) is 0 Å². The summed E-state index contributed by atoms with van der Waals surface area (Å²) < 4.78 is 6.83. The van der Waals surface area contributed by atoms with E-state index in [1.54, 1.807) is 13.0 Å². The highest BCUT2D eigenvalue weighted by Gasteiger charge is 2.17. The minimum Gasteiger partial charge on any atom is -0.475 e. The largest absolute Gasteiger partial charge is 0.475 e. The van der Waals surface area contributed by atoms with Crippen molar-refractivity contribution >= 4 is 27.5 Å². The molecule has 4 aromatic rings. The number of carboxylic acid groups (broad SMARTS) is 1. The summed E-state index contributed by atoms with van der Waals surface area (Å²) >= 11 is 1.44. The van der Waals surface area contributed by atoms with Gasteiger partial charge >= 0.3 is 5.97 Å². The third-order valence-corrected chi connectivity index (χ3v) is 5.76. The van der Waals surface area contributed by atoms with Crippen LogP contribution in [0.1, 0.15) is 33.3 Å². The topological polar surface area (TPSA) is 85.3 Å². The Kier molecular flexibility index (Phi) is 4.39. The van der Waals surface area contributed by atoms with Crippen LogP contribution in [-0.4, -0.2) is 20.6 Å². The van der Waals surface area contributed by atoms with Gasteiger partial charge in [0.15, 0.2) is 0 Å². The lowest BCUT2D eigenvalue weighted by molar-refractivity contribution is 0.0660. The van der Waals surface area contributed by atoms with Gasteiger partial charge in [-0.2, -0.15) is 0 Å². The molecular formula is C21H18N2O4S. The van der Waals surface area contributed by atoms with E-state index in [0.29, 0.717) is 21.8 Å². The number of aromatic nitrogens is 2. The van der Waals surface area contributed by atoms with Crippen LogP contribution in [0.3, 0.4) is 0 Å². The summed E-state index contributed by atoms with van der Waals surface area (Å²) in [7, 11) is 0. The first-order chi connectivity index (χ1) is 13.3. The minimum atomic E-state index is -1.14. The highest BCUT2D eigenvalue weighted by Crippen LogP contribution is 2.32. The molecular weight excluding hydrogens is 376 g/mol. The van der Waals surface area contributed by atoms with E-state index in [0.717, 1.165) is 16.7 Å². The number of aromatic carboxylic acids is 1. The Morgan fingerprint density at radius 1 is 1.18 bits per heavy atom. The van der Waals surface area contributed by atoms with Crippen molar-refractivity contribution in [1.82, 2.24) is 9.55 Å². The SMILES string of the molecule is Cc1ccc(-c2csc3nc(C)n(Cc4ccc(C(=O)O)o4)c(=O)c23)cc1C. The zero-order valence-electron chi connectivity index (χ0n) is 15.6. The summed E-state index contributed by atoms with van der Waals surface area (Å²) in [6, 6.07) is 9.09. The Morgan fingerprint density at radius 2 is 1.96 bits per heavy atom. The molecule has 4 rings (SSSR count). The normalized spacial score (nSPS) is 11.2. The second-order valence-corrected chi connectivity index (χ2v) is 7.61. The zero-order chi connectivity index (χ0) is 20.0. The first-order valence-corrected chi connectivity index (χ1v) is 9.61. The van der Waals surface area contributed by atoms with Crippen LogP contribution in [0.5, 0.6) is 0 Å². The van der Waals surface area contributed by atoms with Crippen molar-refractivity contribution < 1.29 is 14.3 Å². The Balaban J connectivity index is 1.85. The number of fused-ring (bicyclic) bond motifs is 1. The van der Waals surface area contributed by atoms with Gasteiger partial charge in [0.1, 0.15) is 16.4 Å². The smallest absolute Gasteiger partial charge is 0.371 e. The second kappa shape index (κ2) is 6.76. The molecule has 3 heterocycles. The van der Waals surface area contributed by atoms with Gasteiger partial charge in [0.05, 0.1) is 11.9 Å². The van der Waals surface area contributed by atoms with E-state index >= 15 is 0 Å². The van der Waals surface area contributed by atoms with Gasteiger partial charge in [-0.3, -0.25) is 9.36 Å². The molecule has 0 fully saturated rings. The quantitative estimate of drug-likeness (QED) is 0.555. The van der Waals surface area contributed by atoms with E-state index in [4.69, 9.17) is 9.52 Å². The molecule has 1 aromatic carbocycles. The summed E-state index contributed by atoms with van der Waals surface area (Å²) in [4.78, 5) is 29.6. The van der Waals surface area contributed by atoms with Gasteiger partial charge in [0, 0.05) is 10.9 Å². The number of aryl methyl sites for hydroxylation is 3. The van der Waals surface area contributed by atoms with Crippen LogP contribution in [0.15, 0.2) is 44.9 Å². The second-order valence-electron chi connectivity index (χ2n) is 6.75. The molecule has 0 bridgehead atoms. The highest BCUT2D eigenvalue weighted by atomic mass is 32.1. The number of carboxylic acids is 1. The van der Waals surface area contributed by atoms with Crippen LogP contribution >= 0.6 is 11.3 Å². The molecule has 1 N–H and O–H groups in total. The number of hydrogen-bond donors (Lipinski definition) is 1. The van der Waals surface area contributed by atoms with Crippen LogP contribution < -0.4 is 5.56 Å². The maximum Gasteiger partial charge on any atom is 0.371 e. The number of carbonyl (C=O) groups is 1. The average Bonchev–Trinajstić information content (AvgIpc) is 3.28. The Hall–Kier alpha value is -3.19. The van der Waals surface area contributed by atoms with Gasteiger partial charge in [0.2, 0.25) is 5.76 Å². The van der Waals surface area contributed by atoms with E-state index in [2.05, 4.69) is 18.0 Å². The van der Waals surface area contributed by atoms with Crippen molar-refractivity contribution in [3.8, 4) is 11.1 Å². The molecule has 0 radical (unpaired) electrons. The predicted octanol–water partition coefficient (Wildman–Crippen LogP) is 4.39. The van der Waals surface area contributed by atoms with Gasteiger partial charge in [-0.05, 0) is 49.6 Å². The maximum absolute atomic E-state index is 13.3. The van der Waals surface area contributed by atoms with Gasteiger partial charge in [-0.1, -0.05) is 18.2 Å². The summed E-state index contributed by atoms with van der Waals surface area (Å²) in [5.41, 5.74) is 4.04. The van der Waals surface area contributed by atoms with Crippen molar-refractivity contribution in [2.75, 3.05) is 0 Å². The van der Waals surface area contributed by atoms with Crippen LogP contribution in [0.25, 0.3) is 21.3 Å². The van der Waals surface area contributed by atoms with Gasteiger partial charge in [-0.15, -0.1) is 11.3 Å². The third-order valence-electron chi connectivity index (χ3n) is 4.89. The zero-order valence-corrected chi connectivity index (χ0v) is 16.5. The standard InChI is InChI=1S/C21H18N2O4S/c1-11-4-5-14(8-12(11)2)16-10-28-19-18(16)20(24)23(13(3)22-19)9-15-6-7-17(27-15)21(25)26/h4-8,10H,9H2,1-3H3,(H,25,26). The maximum atomic E-state index is 13.3. The third kappa shape index (κ3) is 3.03. The molecule has 0 amide bonds. The summed E-state index contributed by atoms with van der Waals surface area (Å²) in [6.45, 7) is 5.99. The van der Waals surface area contributed by atoms with E-state index in [9.17, 15) is 9.59 Å².